The van der Waals surface area contributed by atoms with Crippen molar-refractivity contribution in [1.82, 2.24) is 4.90 Å². The Balaban J connectivity index is 1.47. The van der Waals surface area contributed by atoms with Crippen LogP contribution in [0.1, 0.15) is 21.7 Å². The summed E-state index contributed by atoms with van der Waals surface area (Å²) >= 11 is 6.61. The first-order valence-electron chi connectivity index (χ1n) is 9.96. The van der Waals surface area contributed by atoms with E-state index in [0.29, 0.717) is 28.8 Å². The van der Waals surface area contributed by atoms with Gasteiger partial charge in [0.2, 0.25) is 5.91 Å². The number of rotatable bonds is 6. The Hall–Kier alpha value is -3.82. The van der Waals surface area contributed by atoms with Crippen molar-refractivity contribution in [3.05, 3.63) is 81.4 Å². The third-order valence-corrected chi connectivity index (χ3v) is 6.13. The molecule has 0 aliphatic carbocycles. The van der Waals surface area contributed by atoms with E-state index in [1.165, 1.54) is 18.2 Å². The highest BCUT2D eigenvalue weighted by Crippen LogP contribution is 2.34. The van der Waals surface area contributed by atoms with E-state index >= 15 is 0 Å². The van der Waals surface area contributed by atoms with E-state index in [0.717, 1.165) is 10.5 Å². The standard InChI is InChI=1S/C24H17ClN2O6S/c1-13-2-5-15(6-3-13)26-21(28)12-27-22(29)20(34-24(27)32)11-16-7-9-19(33-16)14-4-8-18(25)17(10-14)23(30)31/h2-11H,12H2,1H3,(H,26,28)(H,30,31). The van der Waals surface area contributed by atoms with Crippen molar-refractivity contribution < 1.29 is 28.7 Å². The highest BCUT2D eigenvalue weighted by atomic mass is 35.5. The summed E-state index contributed by atoms with van der Waals surface area (Å²) in [6, 6.07) is 14.8. The van der Waals surface area contributed by atoms with Crippen molar-refractivity contribution in [2.75, 3.05) is 11.9 Å². The summed E-state index contributed by atoms with van der Waals surface area (Å²) in [4.78, 5) is 49.6. The van der Waals surface area contributed by atoms with Gasteiger partial charge in [-0.25, -0.2) is 4.79 Å². The second-order valence-corrected chi connectivity index (χ2v) is 8.78. The van der Waals surface area contributed by atoms with Gasteiger partial charge in [0.25, 0.3) is 11.1 Å². The number of carboxylic acids is 1. The van der Waals surface area contributed by atoms with Gasteiger partial charge in [-0.05, 0) is 61.2 Å². The zero-order valence-corrected chi connectivity index (χ0v) is 19.3. The lowest BCUT2D eigenvalue weighted by Gasteiger charge is -2.12. The molecule has 1 aliphatic rings. The number of aromatic carboxylic acids is 1. The second kappa shape index (κ2) is 9.58. The number of carboxylic acid groups (broad SMARTS) is 1. The van der Waals surface area contributed by atoms with Gasteiger partial charge >= 0.3 is 5.97 Å². The van der Waals surface area contributed by atoms with E-state index in [1.54, 1.807) is 30.3 Å². The molecule has 1 aromatic heterocycles. The predicted molar refractivity (Wildman–Crippen MR) is 129 cm³/mol. The zero-order valence-electron chi connectivity index (χ0n) is 17.7. The number of nitrogens with zero attached hydrogens (tertiary/aromatic N) is 1. The Bertz CT molecular complexity index is 1350. The first kappa shape index (κ1) is 23.3. The van der Waals surface area contributed by atoms with Gasteiger partial charge in [-0.1, -0.05) is 29.3 Å². The van der Waals surface area contributed by atoms with Gasteiger partial charge in [-0.3, -0.25) is 19.3 Å². The minimum atomic E-state index is -1.17. The summed E-state index contributed by atoms with van der Waals surface area (Å²) in [6.45, 7) is 1.50. The molecule has 2 heterocycles. The van der Waals surface area contributed by atoms with Crippen LogP contribution in [0.25, 0.3) is 17.4 Å². The van der Waals surface area contributed by atoms with Crippen molar-refractivity contribution in [1.29, 1.82) is 0 Å². The number of aryl methyl sites for hydroxylation is 1. The molecule has 0 unspecified atom stereocenters. The van der Waals surface area contributed by atoms with Gasteiger partial charge in [0.05, 0.1) is 15.5 Å². The van der Waals surface area contributed by atoms with Crippen LogP contribution in [0.2, 0.25) is 5.02 Å². The monoisotopic (exact) mass is 496 g/mol. The quantitative estimate of drug-likeness (QED) is 0.446. The Morgan fingerprint density at radius 1 is 1.12 bits per heavy atom. The van der Waals surface area contributed by atoms with Crippen LogP contribution in [0, 0.1) is 6.92 Å². The Labute approximate surface area is 203 Å². The molecule has 8 nitrogen and oxygen atoms in total. The summed E-state index contributed by atoms with van der Waals surface area (Å²) in [6.07, 6.45) is 1.40. The molecule has 0 radical (unpaired) electrons. The maximum atomic E-state index is 12.7. The lowest BCUT2D eigenvalue weighted by Crippen LogP contribution is -2.36. The van der Waals surface area contributed by atoms with E-state index in [4.69, 9.17) is 16.0 Å². The Kier molecular flexibility index (Phi) is 6.58. The number of furan rings is 1. The number of imide groups is 1. The smallest absolute Gasteiger partial charge is 0.337 e. The lowest BCUT2D eigenvalue weighted by atomic mass is 10.1. The molecule has 2 aromatic carbocycles. The molecule has 34 heavy (non-hydrogen) atoms. The maximum absolute atomic E-state index is 12.7. The summed E-state index contributed by atoms with van der Waals surface area (Å²) in [7, 11) is 0. The minimum Gasteiger partial charge on any atom is -0.478 e. The molecule has 0 atom stereocenters. The first-order valence-corrected chi connectivity index (χ1v) is 11.2. The van der Waals surface area contributed by atoms with Crippen LogP contribution in [0.3, 0.4) is 0 Å². The molecule has 1 fully saturated rings. The van der Waals surface area contributed by atoms with Crippen molar-refractivity contribution in [3.63, 3.8) is 0 Å². The number of halogens is 1. The first-order chi connectivity index (χ1) is 16.2. The van der Waals surface area contributed by atoms with Crippen LogP contribution in [0.5, 0.6) is 0 Å². The number of nitrogens with one attached hydrogen (secondary N) is 1. The average molecular weight is 497 g/mol. The number of thioether (sulfide) groups is 1. The summed E-state index contributed by atoms with van der Waals surface area (Å²) in [5, 5.41) is 11.4. The molecule has 1 saturated heterocycles. The summed E-state index contributed by atoms with van der Waals surface area (Å²) in [5.74, 6) is -1.62. The Morgan fingerprint density at radius 3 is 2.56 bits per heavy atom. The van der Waals surface area contributed by atoms with Crippen LogP contribution >= 0.6 is 23.4 Å². The van der Waals surface area contributed by atoms with Crippen LogP contribution in [0.15, 0.2) is 63.9 Å². The molecule has 3 aromatic rings. The third kappa shape index (κ3) is 5.05. The fourth-order valence-corrected chi connectivity index (χ4v) is 4.19. The molecule has 3 amide bonds. The molecular formula is C24H17ClN2O6S. The predicted octanol–water partition coefficient (Wildman–Crippen LogP) is 5.28. The molecule has 2 N–H and O–H groups in total. The molecule has 1 aliphatic heterocycles. The zero-order chi connectivity index (χ0) is 24.4. The van der Waals surface area contributed by atoms with E-state index in [-0.39, 0.29) is 21.3 Å². The van der Waals surface area contributed by atoms with Crippen molar-refractivity contribution in [3.8, 4) is 11.3 Å². The fraction of sp³-hybridized carbons (Fsp3) is 0.0833. The maximum Gasteiger partial charge on any atom is 0.337 e. The number of carbonyl (C=O) groups excluding carboxylic acids is 3. The molecule has 0 saturated carbocycles. The van der Waals surface area contributed by atoms with Gasteiger partial charge in [0.1, 0.15) is 18.1 Å². The van der Waals surface area contributed by atoms with E-state index < -0.39 is 29.6 Å². The molecule has 0 bridgehead atoms. The Morgan fingerprint density at radius 2 is 1.85 bits per heavy atom. The summed E-state index contributed by atoms with van der Waals surface area (Å²) < 4.78 is 5.71. The van der Waals surface area contributed by atoms with Gasteiger partial charge < -0.3 is 14.8 Å². The van der Waals surface area contributed by atoms with Crippen LogP contribution in [-0.4, -0.2) is 39.6 Å². The van der Waals surface area contributed by atoms with E-state index in [9.17, 15) is 24.3 Å². The van der Waals surface area contributed by atoms with Gasteiger partial charge in [0, 0.05) is 17.3 Å². The van der Waals surface area contributed by atoms with Crippen molar-refractivity contribution >= 4 is 58.1 Å². The van der Waals surface area contributed by atoms with Crippen LogP contribution in [0.4, 0.5) is 10.5 Å². The fourth-order valence-electron chi connectivity index (χ4n) is 3.17. The topological polar surface area (TPSA) is 117 Å². The molecule has 10 heteroatoms. The molecule has 0 spiro atoms. The lowest BCUT2D eigenvalue weighted by molar-refractivity contribution is -0.127. The van der Waals surface area contributed by atoms with Gasteiger partial charge in [-0.15, -0.1) is 0 Å². The van der Waals surface area contributed by atoms with Gasteiger partial charge in [0.15, 0.2) is 0 Å². The highest BCUT2D eigenvalue weighted by Gasteiger charge is 2.36. The second-order valence-electron chi connectivity index (χ2n) is 7.38. The number of anilines is 1. The van der Waals surface area contributed by atoms with Crippen LogP contribution in [-0.2, 0) is 9.59 Å². The van der Waals surface area contributed by atoms with Crippen molar-refractivity contribution in [2.45, 2.75) is 6.92 Å². The largest absolute Gasteiger partial charge is 0.478 e. The van der Waals surface area contributed by atoms with Crippen molar-refractivity contribution in [2.24, 2.45) is 0 Å². The molecule has 4 rings (SSSR count). The minimum absolute atomic E-state index is 0.0675. The average Bonchev–Trinajstić information content (AvgIpc) is 3.36. The van der Waals surface area contributed by atoms with Gasteiger partial charge in [-0.2, -0.15) is 0 Å². The number of hydrogen-bond acceptors (Lipinski definition) is 6. The highest BCUT2D eigenvalue weighted by molar-refractivity contribution is 8.18. The third-order valence-electron chi connectivity index (χ3n) is 4.89. The van der Waals surface area contributed by atoms with Crippen LogP contribution < -0.4 is 5.32 Å². The number of amides is 3. The van der Waals surface area contributed by atoms with E-state index in [1.807, 2.05) is 19.1 Å². The molecular weight excluding hydrogens is 480 g/mol. The number of hydrogen-bond donors (Lipinski definition) is 2. The normalized spacial score (nSPS) is 14.6. The number of carbonyl (C=O) groups is 4. The van der Waals surface area contributed by atoms with E-state index in [2.05, 4.69) is 5.32 Å². The molecule has 172 valence electrons. The SMILES string of the molecule is Cc1ccc(NC(=O)CN2C(=O)SC(=Cc3ccc(-c4ccc(Cl)c(C(=O)O)c4)o3)C2=O)cc1. The summed E-state index contributed by atoms with van der Waals surface area (Å²) in [5.41, 5.74) is 2.02. The number of benzene rings is 2.